The van der Waals surface area contributed by atoms with Gasteiger partial charge in [0.25, 0.3) is 0 Å². The fraction of sp³-hybridized carbons (Fsp3) is 0.600. The molecule has 1 aromatic rings. The Labute approximate surface area is 115 Å². The van der Waals surface area contributed by atoms with Gasteiger partial charge < -0.3 is 15.2 Å². The number of hydrogen-bond acceptors (Lipinski definition) is 4. The summed E-state index contributed by atoms with van der Waals surface area (Å²) in [5.74, 6) is 0.926. The molecule has 0 saturated carbocycles. The molecule has 106 valence electrons. The number of rotatable bonds is 5. The molecule has 1 aromatic carbocycles. The molecule has 0 aromatic heterocycles. The number of nitrogens with one attached hydrogen (secondary N) is 1. The minimum absolute atomic E-state index is 0.213. The highest BCUT2D eigenvalue weighted by Crippen LogP contribution is 2.29. The molecule has 4 heteroatoms. The Morgan fingerprint density at radius 1 is 1.37 bits per heavy atom. The molecule has 1 aliphatic heterocycles. The first-order valence-corrected chi connectivity index (χ1v) is 6.96. The molecule has 4 nitrogen and oxygen atoms in total. The third-order valence-corrected chi connectivity index (χ3v) is 3.81. The molecule has 0 amide bonds. The van der Waals surface area contributed by atoms with Crippen LogP contribution in [0.3, 0.4) is 0 Å². The summed E-state index contributed by atoms with van der Waals surface area (Å²) in [4.78, 5) is 2.44. The molecule has 2 N–H and O–H groups in total. The molecule has 0 radical (unpaired) electrons. The minimum Gasteiger partial charge on any atom is -0.496 e. The number of aliphatic hydroxyl groups is 1. The van der Waals surface area contributed by atoms with Gasteiger partial charge in [0.2, 0.25) is 0 Å². The van der Waals surface area contributed by atoms with Gasteiger partial charge in [-0.15, -0.1) is 0 Å². The van der Waals surface area contributed by atoms with E-state index < -0.39 is 0 Å². The van der Waals surface area contributed by atoms with Crippen molar-refractivity contribution in [3.05, 3.63) is 29.3 Å². The second-order valence-corrected chi connectivity index (χ2v) is 5.04. The van der Waals surface area contributed by atoms with Crippen molar-refractivity contribution in [2.45, 2.75) is 19.4 Å². The normalized spacial score (nSPS) is 18.3. The molecule has 0 unspecified atom stereocenters. The van der Waals surface area contributed by atoms with Crippen LogP contribution in [0, 0.1) is 6.92 Å². The Morgan fingerprint density at radius 2 is 2.11 bits per heavy atom. The summed E-state index contributed by atoms with van der Waals surface area (Å²) in [5, 5.41) is 12.7. The van der Waals surface area contributed by atoms with Gasteiger partial charge in [-0.05, 0) is 30.5 Å². The van der Waals surface area contributed by atoms with Crippen molar-refractivity contribution < 1.29 is 9.84 Å². The zero-order chi connectivity index (χ0) is 13.7. The van der Waals surface area contributed by atoms with Crippen molar-refractivity contribution in [3.63, 3.8) is 0 Å². The molecule has 19 heavy (non-hydrogen) atoms. The summed E-state index contributed by atoms with van der Waals surface area (Å²) in [6, 6.07) is 6.64. The molecular formula is C15H24N2O2. The molecule has 1 saturated heterocycles. The Hall–Kier alpha value is -1.10. The van der Waals surface area contributed by atoms with Crippen LogP contribution in [-0.2, 0) is 0 Å². The van der Waals surface area contributed by atoms with Crippen LogP contribution in [-0.4, -0.2) is 49.9 Å². The molecule has 1 aliphatic rings. The predicted octanol–water partition coefficient (Wildman–Crippen LogP) is 1.33. The van der Waals surface area contributed by atoms with Crippen LogP contribution < -0.4 is 10.1 Å². The average Bonchev–Trinajstić information content (AvgIpc) is 2.46. The van der Waals surface area contributed by atoms with Crippen LogP contribution in [0.1, 0.15) is 23.6 Å². The Kier molecular flexibility index (Phi) is 5.19. The van der Waals surface area contributed by atoms with Gasteiger partial charge in [0.05, 0.1) is 7.11 Å². The number of ether oxygens (including phenoxy) is 1. The number of hydrogen-bond donors (Lipinski definition) is 2. The van der Waals surface area contributed by atoms with E-state index in [0.29, 0.717) is 0 Å². The number of aliphatic hydroxyl groups excluding tert-OH is 1. The van der Waals surface area contributed by atoms with Crippen molar-refractivity contribution in [2.24, 2.45) is 0 Å². The lowest BCUT2D eigenvalue weighted by molar-refractivity contribution is 0.141. The second kappa shape index (κ2) is 6.89. The monoisotopic (exact) mass is 264 g/mol. The van der Waals surface area contributed by atoms with E-state index in [1.165, 1.54) is 5.56 Å². The highest BCUT2D eigenvalue weighted by Gasteiger charge is 2.22. The number of nitrogens with zero attached hydrogens (tertiary/aromatic N) is 1. The number of piperazine rings is 1. The molecule has 1 heterocycles. The quantitative estimate of drug-likeness (QED) is 0.842. The van der Waals surface area contributed by atoms with Crippen LogP contribution >= 0.6 is 0 Å². The van der Waals surface area contributed by atoms with Gasteiger partial charge in [-0.1, -0.05) is 12.1 Å². The maximum Gasteiger partial charge on any atom is 0.122 e. The lowest BCUT2D eigenvalue weighted by Gasteiger charge is -2.35. The number of benzene rings is 1. The third kappa shape index (κ3) is 3.47. The van der Waals surface area contributed by atoms with Gasteiger partial charge in [-0.25, -0.2) is 0 Å². The lowest BCUT2D eigenvalue weighted by Crippen LogP contribution is -2.45. The summed E-state index contributed by atoms with van der Waals surface area (Å²) < 4.78 is 5.41. The highest BCUT2D eigenvalue weighted by molar-refractivity contribution is 5.38. The second-order valence-electron chi connectivity index (χ2n) is 5.04. The topological polar surface area (TPSA) is 44.7 Å². The summed E-state index contributed by atoms with van der Waals surface area (Å²) in [7, 11) is 1.71. The Morgan fingerprint density at radius 3 is 2.74 bits per heavy atom. The smallest absolute Gasteiger partial charge is 0.122 e. The molecule has 1 atom stereocenters. The van der Waals surface area contributed by atoms with E-state index in [4.69, 9.17) is 4.74 Å². The van der Waals surface area contributed by atoms with Gasteiger partial charge in [-0.2, -0.15) is 0 Å². The summed E-state index contributed by atoms with van der Waals surface area (Å²) in [5.41, 5.74) is 2.38. The van der Waals surface area contributed by atoms with Crippen LogP contribution in [0.15, 0.2) is 18.2 Å². The Bertz CT molecular complexity index is 403. The van der Waals surface area contributed by atoms with E-state index in [1.54, 1.807) is 7.11 Å². The summed E-state index contributed by atoms with van der Waals surface area (Å²) in [6.45, 7) is 6.36. The maximum atomic E-state index is 9.34. The molecule has 0 bridgehead atoms. The Balaban J connectivity index is 2.22. The van der Waals surface area contributed by atoms with Crippen molar-refractivity contribution in [2.75, 3.05) is 39.9 Å². The standard InChI is InChI=1S/C15H24N2O2/c1-12-3-4-13(11-15(12)19-2)14(5-10-18)17-8-6-16-7-9-17/h3-4,11,14,16,18H,5-10H2,1-2H3/t14-/m1/s1. The van der Waals surface area contributed by atoms with Crippen molar-refractivity contribution >= 4 is 0 Å². The molecule has 0 aliphatic carbocycles. The van der Waals surface area contributed by atoms with Crippen LogP contribution in [0.5, 0.6) is 5.75 Å². The number of methoxy groups -OCH3 is 1. The van der Waals surface area contributed by atoms with Crippen LogP contribution in [0.2, 0.25) is 0 Å². The van der Waals surface area contributed by atoms with Crippen LogP contribution in [0.25, 0.3) is 0 Å². The third-order valence-electron chi connectivity index (χ3n) is 3.81. The van der Waals surface area contributed by atoms with E-state index >= 15 is 0 Å². The van der Waals surface area contributed by atoms with E-state index in [9.17, 15) is 5.11 Å². The summed E-state index contributed by atoms with van der Waals surface area (Å²) in [6.07, 6.45) is 0.770. The predicted molar refractivity (Wildman–Crippen MR) is 76.6 cm³/mol. The first-order chi connectivity index (χ1) is 9.26. The largest absolute Gasteiger partial charge is 0.496 e. The zero-order valence-electron chi connectivity index (χ0n) is 11.9. The van der Waals surface area contributed by atoms with Crippen molar-refractivity contribution in [1.82, 2.24) is 10.2 Å². The SMILES string of the molecule is COc1cc([C@@H](CCO)N2CCNCC2)ccc1C. The van der Waals surface area contributed by atoms with E-state index in [2.05, 4.69) is 35.3 Å². The average molecular weight is 264 g/mol. The fourth-order valence-corrected chi connectivity index (χ4v) is 2.72. The van der Waals surface area contributed by atoms with Gasteiger partial charge in [0, 0.05) is 38.8 Å². The van der Waals surface area contributed by atoms with Crippen molar-refractivity contribution in [1.29, 1.82) is 0 Å². The minimum atomic E-state index is 0.213. The van der Waals surface area contributed by atoms with Crippen LogP contribution in [0.4, 0.5) is 0 Å². The lowest BCUT2D eigenvalue weighted by atomic mass is 9.99. The summed E-state index contributed by atoms with van der Waals surface area (Å²) >= 11 is 0. The zero-order valence-corrected chi connectivity index (χ0v) is 11.9. The van der Waals surface area contributed by atoms with E-state index in [-0.39, 0.29) is 12.6 Å². The maximum absolute atomic E-state index is 9.34. The van der Waals surface area contributed by atoms with Gasteiger partial charge in [0.15, 0.2) is 0 Å². The van der Waals surface area contributed by atoms with Gasteiger partial charge >= 0.3 is 0 Å². The van der Waals surface area contributed by atoms with Gasteiger partial charge in [0.1, 0.15) is 5.75 Å². The molecule has 0 spiro atoms. The first-order valence-electron chi connectivity index (χ1n) is 6.96. The first kappa shape index (κ1) is 14.3. The molecule has 1 fully saturated rings. The van der Waals surface area contributed by atoms with Crippen molar-refractivity contribution in [3.8, 4) is 5.75 Å². The highest BCUT2D eigenvalue weighted by atomic mass is 16.5. The van der Waals surface area contributed by atoms with E-state index in [1.807, 2.05) is 0 Å². The van der Waals surface area contributed by atoms with E-state index in [0.717, 1.165) is 43.9 Å². The molecular weight excluding hydrogens is 240 g/mol. The fourth-order valence-electron chi connectivity index (χ4n) is 2.72. The molecule has 2 rings (SSSR count). The van der Waals surface area contributed by atoms with Gasteiger partial charge in [-0.3, -0.25) is 4.90 Å². The number of aryl methyl sites for hydroxylation is 1.